The molecule has 0 aliphatic carbocycles. The Morgan fingerprint density at radius 1 is 1.00 bits per heavy atom. The Morgan fingerprint density at radius 2 is 1.67 bits per heavy atom. The highest BCUT2D eigenvalue weighted by Gasteiger charge is 2.17. The maximum Gasteiger partial charge on any atom is 0.191 e. The van der Waals surface area contributed by atoms with E-state index < -0.39 is 0 Å². The van der Waals surface area contributed by atoms with Gasteiger partial charge >= 0.3 is 0 Å². The van der Waals surface area contributed by atoms with E-state index in [4.69, 9.17) is 9.47 Å². The third-order valence-electron chi connectivity index (χ3n) is 4.88. The van der Waals surface area contributed by atoms with Crippen LogP contribution in [0.2, 0.25) is 0 Å². The number of ketones is 1. The average molecular weight is 426 g/mol. The van der Waals surface area contributed by atoms with Crippen molar-refractivity contribution in [2.75, 3.05) is 20.0 Å². The van der Waals surface area contributed by atoms with Crippen LogP contribution in [0.15, 0.2) is 47.6 Å². The number of hydrogen-bond donors (Lipinski definition) is 0. The van der Waals surface area contributed by atoms with Crippen molar-refractivity contribution in [3.63, 3.8) is 0 Å². The van der Waals surface area contributed by atoms with Gasteiger partial charge in [0.1, 0.15) is 0 Å². The predicted octanol–water partition coefficient (Wildman–Crippen LogP) is 4.77. The number of ether oxygens (including phenoxy) is 2. The van der Waals surface area contributed by atoms with E-state index in [1.807, 2.05) is 11.6 Å². The molecule has 0 aliphatic rings. The average Bonchev–Trinajstić information content (AvgIpc) is 3.11. The van der Waals surface area contributed by atoms with E-state index >= 15 is 0 Å². The Hall–Kier alpha value is -2.80. The van der Waals surface area contributed by atoms with Crippen LogP contribution in [0.4, 0.5) is 0 Å². The molecule has 0 aliphatic heterocycles. The molecule has 158 valence electrons. The molecular formula is C23H27N3O3S. The zero-order valence-electron chi connectivity index (χ0n) is 18.2. The molecule has 0 saturated carbocycles. The van der Waals surface area contributed by atoms with Crippen molar-refractivity contribution in [3.8, 4) is 22.9 Å². The highest BCUT2D eigenvalue weighted by molar-refractivity contribution is 7.99. The number of carbonyl (C=O) groups excluding carboxylic acids is 1. The van der Waals surface area contributed by atoms with Crippen molar-refractivity contribution >= 4 is 17.5 Å². The van der Waals surface area contributed by atoms with Crippen molar-refractivity contribution < 1.29 is 14.3 Å². The summed E-state index contributed by atoms with van der Waals surface area (Å²) in [6.07, 6.45) is 0. The van der Waals surface area contributed by atoms with Crippen LogP contribution in [0.5, 0.6) is 11.5 Å². The second-order valence-electron chi connectivity index (χ2n) is 7.97. The molecule has 3 aromatic rings. The fraction of sp³-hybridized carbons (Fsp3) is 0.348. The first-order valence-corrected chi connectivity index (χ1v) is 10.6. The third kappa shape index (κ3) is 4.67. The predicted molar refractivity (Wildman–Crippen MR) is 120 cm³/mol. The quantitative estimate of drug-likeness (QED) is 0.401. The van der Waals surface area contributed by atoms with Gasteiger partial charge in [0.25, 0.3) is 0 Å². The first kappa shape index (κ1) is 21.9. The molecule has 0 amide bonds. The topological polar surface area (TPSA) is 66.2 Å². The normalized spacial score (nSPS) is 11.4. The number of hydrogen-bond acceptors (Lipinski definition) is 6. The summed E-state index contributed by atoms with van der Waals surface area (Å²) in [6.45, 7) is 6.57. The Bertz CT molecular complexity index is 1040. The van der Waals surface area contributed by atoms with Crippen LogP contribution in [-0.4, -0.2) is 40.5 Å². The van der Waals surface area contributed by atoms with Crippen molar-refractivity contribution in [3.05, 3.63) is 53.6 Å². The Morgan fingerprint density at radius 3 is 2.27 bits per heavy atom. The van der Waals surface area contributed by atoms with Gasteiger partial charge in [0, 0.05) is 18.2 Å². The monoisotopic (exact) mass is 425 g/mol. The zero-order chi connectivity index (χ0) is 21.9. The number of nitrogens with zero attached hydrogens (tertiary/aromatic N) is 3. The van der Waals surface area contributed by atoms with Gasteiger partial charge in [-0.3, -0.25) is 4.79 Å². The van der Waals surface area contributed by atoms with E-state index in [2.05, 4.69) is 55.2 Å². The van der Waals surface area contributed by atoms with Crippen LogP contribution < -0.4 is 9.47 Å². The first-order valence-electron chi connectivity index (χ1n) is 9.63. The lowest BCUT2D eigenvalue weighted by Gasteiger charge is -2.19. The molecule has 1 heterocycles. The van der Waals surface area contributed by atoms with Crippen LogP contribution in [0, 0.1) is 0 Å². The number of methoxy groups -OCH3 is 2. The fourth-order valence-corrected chi connectivity index (χ4v) is 3.84. The molecule has 0 spiro atoms. The number of benzene rings is 2. The first-order chi connectivity index (χ1) is 14.2. The minimum absolute atomic E-state index is 0.0139. The summed E-state index contributed by atoms with van der Waals surface area (Å²) < 4.78 is 12.4. The van der Waals surface area contributed by atoms with E-state index in [1.165, 1.54) is 17.3 Å². The van der Waals surface area contributed by atoms with Crippen LogP contribution in [0.1, 0.15) is 36.7 Å². The molecule has 0 radical (unpaired) electrons. The van der Waals surface area contributed by atoms with Gasteiger partial charge in [-0.2, -0.15) is 0 Å². The number of carbonyl (C=O) groups is 1. The van der Waals surface area contributed by atoms with Crippen LogP contribution >= 0.6 is 11.8 Å². The summed E-state index contributed by atoms with van der Waals surface area (Å²) >= 11 is 1.36. The van der Waals surface area contributed by atoms with Crippen molar-refractivity contribution in [1.29, 1.82) is 0 Å². The lowest BCUT2D eigenvalue weighted by molar-refractivity contribution is 0.102. The molecule has 0 bridgehead atoms. The van der Waals surface area contributed by atoms with Crippen molar-refractivity contribution in [1.82, 2.24) is 14.8 Å². The van der Waals surface area contributed by atoms with Crippen LogP contribution in [0.3, 0.4) is 0 Å². The van der Waals surface area contributed by atoms with E-state index in [9.17, 15) is 4.79 Å². The summed E-state index contributed by atoms with van der Waals surface area (Å²) in [7, 11) is 5.03. The smallest absolute Gasteiger partial charge is 0.191 e. The molecule has 0 N–H and O–H groups in total. The van der Waals surface area contributed by atoms with Gasteiger partial charge in [-0.1, -0.05) is 56.8 Å². The molecule has 1 aromatic heterocycles. The van der Waals surface area contributed by atoms with E-state index in [-0.39, 0.29) is 17.0 Å². The second kappa shape index (κ2) is 8.92. The maximum atomic E-state index is 12.6. The number of aromatic nitrogens is 3. The highest BCUT2D eigenvalue weighted by atomic mass is 32.2. The third-order valence-corrected chi connectivity index (χ3v) is 5.90. The number of Topliss-reactive ketones (excluding diaryl/α,β-unsaturated/α-hetero) is 1. The van der Waals surface area contributed by atoms with Gasteiger partial charge in [-0.15, -0.1) is 10.2 Å². The van der Waals surface area contributed by atoms with Crippen LogP contribution in [0.25, 0.3) is 11.4 Å². The minimum atomic E-state index is -0.0139. The van der Waals surface area contributed by atoms with E-state index in [0.29, 0.717) is 22.2 Å². The molecule has 6 nitrogen and oxygen atoms in total. The number of rotatable bonds is 7. The molecule has 30 heavy (non-hydrogen) atoms. The summed E-state index contributed by atoms with van der Waals surface area (Å²) in [6, 6.07) is 13.5. The lowest BCUT2D eigenvalue weighted by Crippen LogP contribution is -2.10. The molecule has 7 heteroatoms. The molecule has 0 saturated heterocycles. The minimum Gasteiger partial charge on any atom is -0.493 e. The van der Waals surface area contributed by atoms with Gasteiger partial charge in [-0.05, 0) is 29.2 Å². The Balaban J connectivity index is 1.72. The largest absolute Gasteiger partial charge is 0.493 e. The van der Waals surface area contributed by atoms with Gasteiger partial charge in [0.2, 0.25) is 0 Å². The lowest BCUT2D eigenvalue weighted by atomic mass is 9.87. The second-order valence-corrected chi connectivity index (χ2v) is 8.92. The van der Waals surface area contributed by atoms with Crippen LogP contribution in [-0.2, 0) is 12.5 Å². The Labute approximate surface area is 181 Å². The standard InChI is InChI=1S/C23H27N3O3S/c1-23(2,3)17-10-7-15(8-11-17)21-24-25-22(26(21)4)30-14-18(27)16-9-12-19(28-5)20(13-16)29-6/h7-13H,14H2,1-6H3. The molecule has 0 atom stereocenters. The maximum absolute atomic E-state index is 12.6. The summed E-state index contributed by atoms with van der Waals surface area (Å²) in [4.78, 5) is 12.6. The van der Waals surface area contributed by atoms with Gasteiger partial charge in [-0.25, -0.2) is 0 Å². The van der Waals surface area contributed by atoms with Gasteiger partial charge < -0.3 is 14.0 Å². The van der Waals surface area contributed by atoms with E-state index in [1.54, 1.807) is 32.4 Å². The van der Waals surface area contributed by atoms with Gasteiger partial charge in [0.15, 0.2) is 28.3 Å². The summed E-state index contributed by atoms with van der Waals surface area (Å²) in [5.74, 6) is 2.14. The SMILES string of the molecule is COc1ccc(C(=O)CSc2nnc(-c3ccc(C(C)(C)C)cc3)n2C)cc1OC. The summed E-state index contributed by atoms with van der Waals surface area (Å²) in [5, 5.41) is 9.29. The molecule has 0 unspecified atom stereocenters. The number of thioether (sulfide) groups is 1. The molecule has 0 fully saturated rings. The molecule has 2 aromatic carbocycles. The Kier molecular flexibility index (Phi) is 6.51. The van der Waals surface area contributed by atoms with Crippen molar-refractivity contribution in [2.24, 2.45) is 7.05 Å². The van der Waals surface area contributed by atoms with Crippen molar-refractivity contribution in [2.45, 2.75) is 31.3 Å². The molecular weight excluding hydrogens is 398 g/mol. The highest BCUT2D eigenvalue weighted by Crippen LogP contribution is 2.29. The summed E-state index contributed by atoms with van der Waals surface area (Å²) in [5.41, 5.74) is 2.93. The van der Waals surface area contributed by atoms with Gasteiger partial charge in [0.05, 0.1) is 20.0 Å². The zero-order valence-corrected chi connectivity index (χ0v) is 19.0. The molecule has 3 rings (SSSR count). The van der Waals surface area contributed by atoms with E-state index in [0.717, 1.165) is 11.4 Å². The fourth-order valence-electron chi connectivity index (χ4n) is 3.03.